The van der Waals surface area contributed by atoms with Crippen molar-refractivity contribution in [3.8, 4) is 0 Å². The number of carbonyl (C=O) groups excluding carboxylic acids is 3. The molecule has 2 aromatic rings. The molecule has 0 unspecified atom stereocenters. The molecule has 1 amide bonds. The Morgan fingerprint density at radius 3 is 2.19 bits per heavy atom. The van der Waals surface area contributed by atoms with Crippen LogP contribution in [0.1, 0.15) is 44.9 Å². The summed E-state index contributed by atoms with van der Waals surface area (Å²) in [7, 11) is 1.75. The van der Waals surface area contributed by atoms with E-state index < -0.39 is 11.7 Å². The first kappa shape index (κ1) is 18.0. The van der Waals surface area contributed by atoms with Crippen LogP contribution in [-0.2, 0) is 11.8 Å². The van der Waals surface area contributed by atoms with Crippen LogP contribution in [0.2, 0.25) is 0 Å². The summed E-state index contributed by atoms with van der Waals surface area (Å²) >= 11 is 0. The summed E-state index contributed by atoms with van der Waals surface area (Å²) < 4.78 is 1.61. The fourth-order valence-electron chi connectivity index (χ4n) is 3.54. The Bertz CT molecular complexity index is 847. The summed E-state index contributed by atoms with van der Waals surface area (Å²) in [6, 6.07) is 9.22. The molecule has 6 heteroatoms. The summed E-state index contributed by atoms with van der Waals surface area (Å²) in [4.78, 5) is 39.3. The number of aryl methyl sites for hydroxylation is 2. The van der Waals surface area contributed by atoms with Gasteiger partial charge in [0.2, 0.25) is 0 Å². The van der Waals surface area contributed by atoms with Crippen molar-refractivity contribution in [1.29, 1.82) is 0 Å². The third-order valence-corrected chi connectivity index (χ3v) is 5.14. The number of amides is 1. The third-order valence-electron chi connectivity index (χ3n) is 5.14. The summed E-state index contributed by atoms with van der Waals surface area (Å²) in [6.45, 7) is 4.36. The fourth-order valence-corrected chi connectivity index (χ4v) is 3.54. The molecule has 26 heavy (non-hydrogen) atoms. The Hall–Kier alpha value is -2.76. The summed E-state index contributed by atoms with van der Waals surface area (Å²) in [6.07, 6.45) is 1.16. The molecule has 3 rings (SSSR count). The Morgan fingerprint density at radius 1 is 1.04 bits per heavy atom. The van der Waals surface area contributed by atoms with Crippen LogP contribution in [0.5, 0.6) is 0 Å². The van der Waals surface area contributed by atoms with Gasteiger partial charge in [0.1, 0.15) is 0 Å². The molecule has 1 aromatic heterocycles. The molecule has 1 aromatic carbocycles. The van der Waals surface area contributed by atoms with Crippen molar-refractivity contribution in [2.45, 2.75) is 26.7 Å². The zero-order valence-corrected chi connectivity index (χ0v) is 15.4. The Morgan fingerprint density at radius 2 is 1.65 bits per heavy atom. The highest BCUT2D eigenvalue weighted by molar-refractivity contribution is 6.43. The molecule has 1 fully saturated rings. The predicted octanol–water partition coefficient (Wildman–Crippen LogP) is 2.34. The minimum atomic E-state index is -0.513. The molecule has 0 atom stereocenters. The average molecular weight is 353 g/mol. The number of rotatable bonds is 4. The second-order valence-corrected chi connectivity index (χ2v) is 6.80. The monoisotopic (exact) mass is 353 g/mol. The molecule has 0 radical (unpaired) electrons. The molecule has 1 aliphatic rings. The highest BCUT2D eigenvalue weighted by Crippen LogP contribution is 2.23. The highest BCUT2D eigenvalue weighted by Gasteiger charge is 2.32. The lowest BCUT2D eigenvalue weighted by molar-refractivity contribution is -0.127. The third kappa shape index (κ3) is 3.31. The number of hydrogen-bond donors (Lipinski definition) is 0. The maximum Gasteiger partial charge on any atom is 0.295 e. The predicted molar refractivity (Wildman–Crippen MR) is 97.1 cm³/mol. The molecule has 0 aliphatic carbocycles. The van der Waals surface area contributed by atoms with Gasteiger partial charge in [0.05, 0.1) is 11.3 Å². The fraction of sp³-hybridized carbons (Fsp3) is 0.400. The van der Waals surface area contributed by atoms with Crippen molar-refractivity contribution < 1.29 is 14.4 Å². The zero-order chi connectivity index (χ0) is 18.8. The van der Waals surface area contributed by atoms with Crippen LogP contribution in [0.3, 0.4) is 0 Å². The van der Waals surface area contributed by atoms with E-state index in [9.17, 15) is 14.4 Å². The van der Waals surface area contributed by atoms with E-state index in [2.05, 4.69) is 5.10 Å². The van der Waals surface area contributed by atoms with Gasteiger partial charge >= 0.3 is 0 Å². The first-order valence-corrected chi connectivity index (χ1v) is 8.83. The molecule has 0 saturated carbocycles. The van der Waals surface area contributed by atoms with E-state index in [1.807, 2.05) is 30.3 Å². The highest BCUT2D eigenvalue weighted by atomic mass is 16.2. The van der Waals surface area contributed by atoms with Crippen LogP contribution in [0, 0.1) is 19.8 Å². The minimum Gasteiger partial charge on any atom is -0.336 e. The second-order valence-electron chi connectivity index (χ2n) is 6.80. The van der Waals surface area contributed by atoms with Crippen molar-refractivity contribution in [3.05, 3.63) is 52.8 Å². The molecule has 1 aliphatic heterocycles. The van der Waals surface area contributed by atoms with E-state index in [0.29, 0.717) is 48.4 Å². The van der Waals surface area contributed by atoms with Gasteiger partial charge in [-0.15, -0.1) is 0 Å². The maximum absolute atomic E-state index is 12.6. The number of aromatic nitrogens is 2. The number of benzene rings is 1. The maximum atomic E-state index is 12.6. The number of carbonyl (C=O) groups is 3. The van der Waals surface area contributed by atoms with E-state index in [1.165, 1.54) is 0 Å². The second kappa shape index (κ2) is 7.23. The average Bonchev–Trinajstić information content (AvgIpc) is 2.92. The summed E-state index contributed by atoms with van der Waals surface area (Å²) in [5.74, 6) is -1.00. The van der Waals surface area contributed by atoms with Crippen molar-refractivity contribution >= 4 is 17.5 Å². The first-order chi connectivity index (χ1) is 12.4. The van der Waals surface area contributed by atoms with E-state index in [-0.39, 0.29) is 11.7 Å². The van der Waals surface area contributed by atoms with Crippen LogP contribution in [0.15, 0.2) is 30.3 Å². The van der Waals surface area contributed by atoms with E-state index in [1.54, 1.807) is 30.5 Å². The molecular formula is C20H23N3O3. The van der Waals surface area contributed by atoms with Gasteiger partial charge in [-0.2, -0.15) is 5.10 Å². The molecular weight excluding hydrogens is 330 g/mol. The topological polar surface area (TPSA) is 72.3 Å². The minimum absolute atomic E-state index is 0.0987. The van der Waals surface area contributed by atoms with E-state index in [0.717, 1.165) is 0 Å². The molecule has 2 heterocycles. The van der Waals surface area contributed by atoms with Crippen LogP contribution < -0.4 is 0 Å². The van der Waals surface area contributed by atoms with Crippen LogP contribution >= 0.6 is 0 Å². The van der Waals surface area contributed by atoms with Gasteiger partial charge in [0.15, 0.2) is 5.78 Å². The first-order valence-electron chi connectivity index (χ1n) is 8.83. The van der Waals surface area contributed by atoms with Crippen molar-refractivity contribution in [1.82, 2.24) is 14.7 Å². The standard InChI is InChI=1S/C20H23N3O3/c1-13-17(14(2)22(3)21-13)19(25)20(26)23-11-9-16(10-12-23)18(24)15-7-5-4-6-8-15/h4-8,16H,9-12H2,1-3H3. The number of nitrogens with zero attached hydrogens (tertiary/aromatic N) is 3. The van der Waals surface area contributed by atoms with Crippen LogP contribution in [-0.4, -0.2) is 45.2 Å². The number of piperidine rings is 1. The molecule has 1 saturated heterocycles. The quantitative estimate of drug-likeness (QED) is 0.625. The van der Waals surface area contributed by atoms with Gasteiger partial charge in [0.25, 0.3) is 11.7 Å². The number of ketones is 2. The Balaban J connectivity index is 1.65. The van der Waals surface area contributed by atoms with Crippen LogP contribution in [0.4, 0.5) is 0 Å². The summed E-state index contributed by atoms with van der Waals surface area (Å²) in [5, 5.41) is 4.21. The van der Waals surface area contributed by atoms with E-state index >= 15 is 0 Å². The summed E-state index contributed by atoms with van der Waals surface area (Å²) in [5.41, 5.74) is 2.35. The molecule has 136 valence electrons. The SMILES string of the molecule is Cc1nn(C)c(C)c1C(=O)C(=O)N1CCC(C(=O)c2ccccc2)CC1. The number of hydrogen-bond acceptors (Lipinski definition) is 4. The number of Topliss-reactive ketones (excluding diaryl/α,β-unsaturated/α-hetero) is 2. The van der Waals surface area contributed by atoms with Gasteiger partial charge in [-0.25, -0.2) is 0 Å². The van der Waals surface area contributed by atoms with Gasteiger partial charge in [-0.1, -0.05) is 30.3 Å². The van der Waals surface area contributed by atoms with Crippen molar-refractivity contribution in [2.75, 3.05) is 13.1 Å². The van der Waals surface area contributed by atoms with E-state index in [4.69, 9.17) is 0 Å². The van der Waals surface area contributed by atoms with Gasteiger partial charge in [-0.05, 0) is 26.7 Å². The van der Waals surface area contributed by atoms with Gasteiger partial charge < -0.3 is 4.90 Å². The van der Waals surface area contributed by atoms with Crippen molar-refractivity contribution in [3.63, 3.8) is 0 Å². The lowest BCUT2D eigenvalue weighted by Crippen LogP contribution is -2.43. The normalized spacial score (nSPS) is 15.1. The van der Waals surface area contributed by atoms with Gasteiger partial charge in [0, 0.05) is 37.3 Å². The van der Waals surface area contributed by atoms with Crippen molar-refractivity contribution in [2.24, 2.45) is 13.0 Å². The zero-order valence-electron chi connectivity index (χ0n) is 15.4. The number of likely N-dealkylation sites (tertiary alicyclic amines) is 1. The Kier molecular flexibility index (Phi) is 5.02. The molecule has 0 N–H and O–H groups in total. The Labute approximate surface area is 152 Å². The van der Waals surface area contributed by atoms with Gasteiger partial charge in [-0.3, -0.25) is 19.1 Å². The lowest BCUT2D eigenvalue weighted by Gasteiger charge is -2.30. The van der Waals surface area contributed by atoms with Crippen LogP contribution in [0.25, 0.3) is 0 Å². The smallest absolute Gasteiger partial charge is 0.295 e. The largest absolute Gasteiger partial charge is 0.336 e. The molecule has 6 nitrogen and oxygen atoms in total. The molecule has 0 bridgehead atoms. The lowest BCUT2D eigenvalue weighted by atomic mass is 9.88. The molecule has 0 spiro atoms.